The van der Waals surface area contributed by atoms with E-state index in [9.17, 15) is 23.5 Å². The summed E-state index contributed by atoms with van der Waals surface area (Å²) in [6.45, 7) is 7.23. The number of aliphatic carboxylic acids is 1. The van der Waals surface area contributed by atoms with Crippen LogP contribution in [0.15, 0.2) is 12.1 Å². The summed E-state index contributed by atoms with van der Waals surface area (Å²) in [4.78, 5) is 32.4. The van der Waals surface area contributed by atoms with Crippen molar-refractivity contribution in [2.75, 3.05) is 51.2 Å². The number of carbonyl (C=O) groups excluding carboxylic acids is 1. The lowest BCUT2D eigenvalue weighted by Gasteiger charge is -2.26. The number of carboxylic acids is 1. The van der Waals surface area contributed by atoms with Gasteiger partial charge in [0.15, 0.2) is 0 Å². The number of nitrogens with zero attached hydrogens (tertiary/aromatic N) is 3. The van der Waals surface area contributed by atoms with E-state index in [2.05, 4.69) is 22.8 Å². The van der Waals surface area contributed by atoms with Crippen molar-refractivity contribution in [2.45, 2.75) is 76.9 Å². The molecule has 11 heteroatoms. The highest BCUT2D eigenvalue weighted by molar-refractivity contribution is 5.82. The van der Waals surface area contributed by atoms with Gasteiger partial charge < -0.3 is 30.3 Å². The van der Waals surface area contributed by atoms with Crippen molar-refractivity contribution in [1.82, 2.24) is 20.1 Å². The predicted octanol–water partition coefficient (Wildman–Crippen LogP) is 3.38. The molecule has 1 aliphatic heterocycles. The number of anilines is 1. The van der Waals surface area contributed by atoms with Crippen LogP contribution < -0.4 is 10.6 Å². The normalized spacial score (nSPS) is 18.6. The van der Waals surface area contributed by atoms with Gasteiger partial charge in [-0.1, -0.05) is 6.07 Å². The van der Waals surface area contributed by atoms with E-state index in [0.717, 1.165) is 50.2 Å². The van der Waals surface area contributed by atoms with Gasteiger partial charge in [-0.2, -0.15) is 0 Å². The summed E-state index contributed by atoms with van der Waals surface area (Å²) in [6, 6.07) is 2.77. The number of rotatable bonds is 16. The minimum absolute atomic E-state index is 0.155. The van der Waals surface area contributed by atoms with Gasteiger partial charge in [0, 0.05) is 44.8 Å². The summed E-state index contributed by atoms with van der Waals surface area (Å²) < 4.78 is 31.6. The van der Waals surface area contributed by atoms with Crippen molar-refractivity contribution in [3.8, 4) is 0 Å². The highest BCUT2D eigenvalue weighted by atomic mass is 19.3. The highest BCUT2D eigenvalue weighted by Gasteiger charge is 2.58. The predicted molar refractivity (Wildman–Crippen MR) is 137 cm³/mol. The average Bonchev–Trinajstić information content (AvgIpc) is 3.49. The van der Waals surface area contributed by atoms with Crippen LogP contribution in [0.3, 0.4) is 0 Å². The molecule has 1 aromatic rings. The largest absolute Gasteiger partial charge is 0.480 e. The van der Waals surface area contributed by atoms with Crippen LogP contribution in [0.4, 0.5) is 19.4 Å². The Hall–Kier alpha value is -2.53. The molecule has 1 fully saturated rings. The van der Waals surface area contributed by atoms with Gasteiger partial charge in [0.2, 0.25) is 0 Å². The van der Waals surface area contributed by atoms with Gasteiger partial charge >= 0.3 is 12.0 Å². The smallest absolute Gasteiger partial charge is 0.326 e. The zero-order valence-electron chi connectivity index (χ0n) is 22.0. The summed E-state index contributed by atoms with van der Waals surface area (Å²) in [7, 11) is 0. The number of fused-ring (bicyclic) bond motifs is 1. The number of hydrogen-bond donors (Lipinski definition) is 3. The topological polar surface area (TPSA) is 107 Å². The maximum atomic E-state index is 13.2. The first-order valence-corrected chi connectivity index (χ1v) is 13.5. The van der Waals surface area contributed by atoms with E-state index in [-0.39, 0.29) is 19.4 Å². The summed E-state index contributed by atoms with van der Waals surface area (Å²) in [5, 5.41) is 15.6. The van der Waals surface area contributed by atoms with Gasteiger partial charge in [0.05, 0.1) is 6.61 Å². The SMILES string of the molecule is CCN(CC)C(=O)NC(CCN(CCCCc1ccc2c(n1)NCCC2)CCOC1CC1(F)F)C(=O)O. The van der Waals surface area contributed by atoms with Crippen molar-refractivity contribution in [1.29, 1.82) is 0 Å². The first kappa shape index (κ1) is 29.0. The van der Waals surface area contributed by atoms with Crippen molar-refractivity contribution in [3.05, 3.63) is 23.4 Å². The van der Waals surface area contributed by atoms with Crippen LogP contribution in [-0.2, 0) is 22.4 Å². The quantitative estimate of drug-likeness (QED) is 0.284. The van der Waals surface area contributed by atoms with Gasteiger partial charge in [-0.3, -0.25) is 0 Å². The Kier molecular flexibility index (Phi) is 10.9. The summed E-state index contributed by atoms with van der Waals surface area (Å²) >= 11 is 0. The number of carbonyl (C=O) groups is 2. The molecule has 208 valence electrons. The third kappa shape index (κ3) is 9.07. The molecule has 0 spiro atoms. The van der Waals surface area contributed by atoms with Crippen molar-refractivity contribution < 1.29 is 28.2 Å². The van der Waals surface area contributed by atoms with Crippen LogP contribution >= 0.6 is 0 Å². The minimum Gasteiger partial charge on any atom is -0.480 e. The van der Waals surface area contributed by atoms with Gasteiger partial charge in [0.25, 0.3) is 5.92 Å². The number of alkyl halides is 2. The van der Waals surface area contributed by atoms with Gasteiger partial charge in [-0.05, 0) is 70.5 Å². The molecule has 2 atom stereocenters. The highest BCUT2D eigenvalue weighted by Crippen LogP contribution is 2.44. The van der Waals surface area contributed by atoms with E-state index in [1.54, 1.807) is 0 Å². The molecular formula is C26H41F2N5O4. The second-order valence-electron chi connectivity index (χ2n) is 9.77. The lowest BCUT2D eigenvalue weighted by atomic mass is 10.1. The third-order valence-corrected chi connectivity index (χ3v) is 6.98. The number of urea groups is 1. The molecule has 1 saturated carbocycles. The van der Waals surface area contributed by atoms with Crippen LogP contribution in [0.5, 0.6) is 0 Å². The number of hydrogen-bond acceptors (Lipinski definition) is 6. The molecule has 0 aromatic carbocycles. The fourth-order valence-corrected chi connectivity index (χ4v) is 4.50. The molecule has 0 radical (unpaired) electrons. The first-order chi connectivity index (χ1) is 17.7. The standard InChI is InChI=1S/C26H41F2N5O4/c1-3-33(4-2)25(36)31-21(24(34)35)12-15-32(16-17-37-22-18-26(22,27)28)14-6-5-9-20-11-10-19-8-7-13-29-23(19)30-20/h10-11,21-22H,3-9,12-18H2,1-2H3,(H,29,30)(H,31,36)(H,34,35). The van der Waals surface area contributed by atoms with E-state index in [0.29, 0.717) is 32.7 Å². The molecule has 2 amide bonds. The molecule has 1 aromatic heterocycles. The maximum Gasteiger partial charge on any atom is 0.326 e. The van der Waals surface area contributed by atoms with Crippen molar-refractivity contribution in [2.24, 2.45) is 0 Å². The van der Waals surface area contributed by atoms with E-state index < -0.39 is 30.1 Å². The number of unbranched alkanes of at least 4 members (excludes halogenated alkanes) is 1. The molecule has 0 saturated heterocycles. The molecule has 3 rings (SSSR count). The number of carboxylic acid groups (broad SMARTS) is 1. The second kappa shape index (κ2) is 13.9. The fraction of sp³-hybridized carbons (Fsp3) is 0.731. The minimum atomic E-state index is -2.73. The zero-order valence-corrected chi connectivity index (χ0v) is 22.0. The van der Waals surface area contributed by atoms with E-state index in [1.807, 2.05) is 18.7 Å². The molecule has 3 N–H and O–H groups in total. The molecule has 37 heavy (non-hydrogen) atoms. The Morgan fingerprint density at radius 3 is 2.68 bits per heavy atom. The Morgan fingerprint density at radius 2 is 2.00 bits per heavy atom. The summed E-state index contributed by atoms with van der Waals surface area (Å²) in [5.41, 5.74) is 2.28. The summed E-state index contributed by atoms with van der Waals surface area (Å²) in [6.07, 6.45) is 3.68. The summed E-state index contributed by atoms with van der Waals surface area (Å²) in [5.74, 6) is -2.85. The van der Waals surface area contributed by atoms with Crippen LogP contribution in [-0.4, -0.2) is 95.8 Å². The van der Waals surface area contributed by atoms with Gasteiger partial charge in [-0.15, -0.1) is 0 Å². The molecular weight excluding hydrogens is 484 g/mol. The lowest BCUT2D eigenvalue weighted by molar-refractivity contribution is -0.139. The monoisotopic (exact) mass is 525 g/mol. The molecule has 1 aliphatic carbocycles. The number of halogens is 2. The number of ether oxygens (including phenoxy) is 1. The van der Waals surface area contributed by atoms with Crippen LogP contribution in [0.25, 0.3) is 0 Å². The Morgan fingerprint density at radius 1 is 1.24 bits per heavy atom. The molecule has 2 aliphatic rings. The number of nitrogens with one attached hydrogen (secondary N) is 2. The number of amides is 2. The average molecular weight is 526 g/mol. The number of aryl methyl sites for hydroxylation is 2. The lowest BCUT2D eigenvalue weighted by Crippen LogP contribution is -2.49. The van der Waals surface area contributed by atoms with E-state index >= 15 is 0 Å². The maximum absolute atomic E-state index is 13.2. The second-order valence-corrected chi connectivity index (χ2v) is 9.77. The third-order valence-electron chi connectivity index (χ3n) is 6.98. The van der Waals surface area contributed by atoms with E-state index in [4.69, 9.17) is 9.72 Å². The Bertz CT molecular complexity index is 900. The van der Waals surface area contributed by atoms with Crippen LogP contribution in [0, 0.1) is 0 Å². The van der Waals surface area contributed by atoms with Crippen molar-refractivity contribution in [3.63, 3.8) is 0 Å². The van der Waals surface area contributed by atoms with Crippen molar-refractivity contribution >= 4 is 17.8 Å². The first-order valence-electron chi connectivity index (χ1n) is 13.5. The zero-order chi connectivity index (χ0) is 26.8. The molecule has 2 unspecified atom stereocenters. The molecule has 9 nitrogen and oxygen atoms in total. The molecule has 0 bridgehead atoms. The Balaban J connectivity index is 1.48. The fourth-order valence-electron chi connectivity index (χ4n) is 4.50. The number of aromatic nitrogens is 1. The Labute approximate surface area is 217 Å². The number of pyridine rings is 1. The van der Waals surface area contributed by atoms with Gasteiger partial charge in [0.1, 0.15) is 18.0 Å². The van der Waals surface area contributed by atoms with Gasteiger partial charge in [-0.25, -0.2) is 23.4 Å². The van der Waals surface area contributed by atoms with E-state index in [1.165, 1.54) is 10.5 Å². The van der Waals surface area contributed by atoms with Crippen LogP contribution in [0.2, 0.25) is 0 Å². The van der Waals surface area contributed by atoms with Crippen LogP contribution in [0.1, 0.15) is 57.2 Å². The molecule has 2 heterocycles.